The van der Waals surface area contributed by atoms with Gasteiger partial charge in [0.1, 0.15) is 6.04 Å². The number of carbonyl (C=O) groups excluding carboxylic acids is 2. The highest BCUT2D eigenvalue weighted by Crippen LogP contribution is 2.36. The molecule has 7 nitrogen and oxygen atoms in total. The van der Waals surface area contributed by atoms with Crippen LogP contribution in [0.2, 0.25) is 0 Å². The quantitative estimate of drug-likeness (QED) is 0.495. The maximum Gasteiger partial charge on any atom is 0.245 e. The minimum absolute atomic E-state index is 0.0260. The minimum Gasteiger partial charge on any atom is -0.343 e. The molecule has 7 heteroatoms. The lowest BCUT2D eigenvalue weighted by atomic mass is 9.83. The van der Waals surface area contributed by atoms with Crippen LogP contribution < -0.4 is 10.6 Å². The Morgan fingerprint density at radius 3 is 2.65 bits per heavy atom. The van der Waals surface area contributed by atoms with Gasteiger partial charge in [0.15, 0.2) is 0 Å². The topological polar surface area (TPSA) is 87.2 Å². The van der Waals surface area contributed by atoms with Crippen LogP contribution in [0.5, 0.6) is 0 Å². The fourth-order valence-corrected chi connectivity index (χ4v) is 5.94. The predicted molar refractivity (Wildman–Crippen MR) is 146 cm³/mol. The van der Waals surface area contributed by atoms with E-state index in [1.807, 2.05) is 48.6 Å². The third-order valence-electron chi connectivity index (χ3n) is 8.16. The monoisotopic (exact) mass is 499 g/mol. The van der Waals surface area contributed by atoms with Gasteiger partial charge >= 0.3 is 0 Å². The molecule has 37 heavy (non-hydrogen) atoms. The molecule has 2 N–H and O–H groups in total. The maximum absolute atomic E-state index is 14.1. The number of benzene rings is 1. The van der Waals surface area contributed by atoms with Gasteiger partial charge in [0, 0.05) is 36.1 Å². The highest BCUT2D eigenvalue weighted by atomic mass is 16.2. The summed E-state index contributed by atoms with van der Waals surface area (Å²) in [5.41, 5.74) is 2.94. The van der Waals surface area contributed by atoms with Gasteiger partial charge in [-0.25, -0.2) is 0 Å². The van der Waals surface area contributed by atoms with E-state index < -0.39 is 6.04 Å². The average molecular weight is 500 g/mol. The number of aromatic nitrogens is 2. The zero-order valence-electron chi connectivity index (χ0n) is 21.8. The van der Waals surface area contributed by atoms with E-state index in [0.717, 1.165) is 66.1 Å². The van der Waals surface area contributed by atoms with Crippen molar-refractivity contribution in [1.29, 1.82) is 0 Å². The third-order valence-corrected chi connectivity index (χ3v) is 8.16. The van der Waals surface area contributed by atoms with E-state index in [2.05, 4.69) is 38.8 Å². The fourth-order valence-electron chi connectivity index (χ4n) is 5.94. The molecule has 5 rings (SSSR count). The Labute approximate surface area is 219 Å². The highest BCUT2D eigenvalue weighted by Gasteiger charge is 2.39. The molecular formula is C30H37N5O2. The molecule has 0 bridgehead atoms. The van der Waals surface area contributed by atoms with Gasteiger partial charge in [-0.2, -0.15) is 0 Å². The lowest BCUT2D eigenvalue weighted by Gasteiger charge is -2.35. The molecule has 2 amide bonds. The Hall–Kier alpha value is -3.32. The van der Waals surface area contributed by atoms with Crippen molar-refractivity contribution >= 4 is 22.6 Å². The molecule has 2 fully saturated rings. The van der Waals surface area contributed by atoms with Crippen LogP contribution in [0.25, 0.3) is 22.0 Å². The summed E-state index contributed by atoms with van der Waals surface area (Å²) < 4.78 is 0. The molecule has 1 saturated heterocycles. The second kappa shape index (κ2) is 11.4. The first-order valence-electron chi connectivity index (χ1n) is 13.6. The van der Waals surface area contributed by atoms with Crippen molar-refractivity contribution in [3.63, 3.8) is 0 Å². The van der Waals surface area contributed by atoms with Crippen LogP contribution in [0.4, 0.5) is 0 Å². The molecule has 1 unspecified atom stereocenters. The van der Waals surface area contributed by atoms with Gasteiger partial charge in [0.2, 0.25) is 11.8 Å². The molecule has 194 valence electrons. The first-order chi connectivity index (χ1) is 18.1. The zero-order valence-corrected chi connectivity index (χ0v) is 21.8. The first kappa shape index (κ1) is 25.3. The zero-order chi connectivity index (χ0) is 25.8. The van der Waals surface area contributed by atoms with Gasteiger partial charge in [-0.15, -0.1) is 0 Å². The number of rotatable bonds is 7. The van der Waals surface area contributed by atoms with Crippen molar-refractivity contribution in [1.82, 2.24) is 25.5 Å². The summed E-state index contributed by atoms with van der Waals surface area (Å²) >= 11 is 0. The molecule has 1 aliphatic heterocycles. The second-order valence-electron chi connectivity index (χ2n) is 10.5. The maximum atomic E-state index is 14.1. The van der Waals surface area contributed by atoms with Gasteiger partial charge < -0.3 is 15.5 Å². The number of likely N-dealkylation sites (N-methyl/N-ethyl adjacent to an activating group) is 1. The number of nitrogens with one attached hydrogen (secondary N) is 2. The van der Waals surface area contributed by atoms with Crippen LogP contribution in [-0.4, -0.2) is 52.4 Å². The number of hydrogen-bond donors (Lipinski definition) is 2. The number of nitrogens with zero attached hydrogens (tertiary/aromatic N) is 3. The van der Waals surface area contributed by atoms with Crippen LogP contribution >= 0.6 is 0 Å². The van der Waals surface area contributed by atoms with E-state index in [1.165, 1.54) is 6.42 Å². The Morgan fingerprint density at radius 2 is 1.84 bits per heavy atom. The van der Waals surface area contributed by atoms with Crippen LogP contribution in [0, 0.1) is 5.92 Å². The fraction of sp³-hybridized carbons (Fsp3) is 0.467. The molecule has 1 saturated carbocycles. The third kappa shape index (κ3) is 5.37. The van der Waals surface area contributed by atoms with Crippen LogP contribution in [0.3, 0.4) is 0 Å². The van der Waals surface area contributed by atoms with E-state index in [-0.39, 0.29) is 29.8 Å². The smallest absolute Gasteiger partial charge is 0.245 e. The van der Waals surface area contributed by atoms with Crippen molar-refractivity contribution in [2.75, 3.05) is 13.6 Å². The Bertz CT molecular complexity index is 1250. The first-order valence-corrected chi connectivity index (χ1v) is 13.6. The van der Waals surface area contributed by atoms with E-state index in [9.17, 15) is 9.59 Å². The van der Waals surface area contributed by atoms with Crippen molar-refractivity contribution in [3.8, 4) is 11.3 Å². The average Bonchev–Trinajstić information content (AvgIpc) is 3.45. The normalized spacial score (nSPS) is 20.1. The highest BCUT2D eigenvalue weighted by molar-refractivity contribution is 5.95. The number of carbonyl (C=O) groups is 2. The van der Waals surface area contributed by atoms with Crippen LogP contribution in [0.15, 0.2) is 55.0 Å². The molecule has 2 aromatic heterocycles. The van der Waals surface area contributed by atoms with Crippen molar-refractivity contribution in [2.45, 2.75) is 70.0 Å². The molecule has 2 aliphatic rings. The Balaban J connectivity index is 1.43. The molecule has 1 aliphatic carbocycles. The molecule has 3 aromatic rings. The lowest BCUT2D eigenvalue weighted by Crippen LogP contribution is -2.55. The summed E-state index contributed by atoms with van der Waals surface area (Å²) in [5.74, 6) is 0.123. The summed E-state index contributed by atoms with van der Waals surface area (Å²) in [6.45, 7) is 2.54. The van der Waals surface area contributed by atoms with Gasteiger partial charge in [-0.3, -0.25) is 19.6 Å². The summed E-state index contributed by atoms with van der Waals surface area (Å²) in [4.78, 5) is 38.0. The summed E-state index contributed by atoms with van der Waals surface area (Å²) in [6, 6.07) is 11.5. The Morgan fingerprint density at radius 1 is 1.03 bits per heavy atom. The summed E-state index contributed by atoms with van der Waals surface area (Å²) in [5, 5.41) is 8.32. The summed E-state index contributed by atoms with van der Waals surface area (Å²) in [6.07, 6.45) is 12.8. The molecule has 0 radical (unpaired) electrons. The number of fused-ring (bicyclic) bond motifs is 1. The number of pyridine rings is 2. The van der Waals surface area contributed by atoms with E-state index in [4.69, 9.17) is 0 Å². The number of likely N-dealkylation sites (tertiary alicyclic amines) is 1. The number of amides is 2. The van der Waals surface area contributed by atoms with Crippen molar-refractivity contribution in [3.05, 3.63) is 60.6 Å². The predicted octanol–water partition coefficient (Wildman–Crippen LogP) is 4.63. The van der Waals surface area contributed by atoms with Gasteiger partial charge in [0.05, 0.1) is 17.8 Å². The van der Waals surface area contributed by atoms with Crippen LogP contribution in [0.1, 0.15) is 63.5 Å². The van der Waals surface area contributed by atoms with E-state index >= 15 is 0 Å². The van der Waals surface area contributed by atoms with E-state index in [1.54, 1.807) is 7.05 Å². The molecule has 1 aromatic carbocycles. The molecule has 0 spiro atoms. The largest absolute Gasteiger partial charge is 0.343 e. The SMILES string of the molecule is CNC(C)C(=O)N[C@H](C(=O)N1CCC[C@H]1c1ccnc(-c2cncc3ccccc23)c1)C1CCCCC1. The minimum atomic E-state index is -0.479. The molecule has 3 heterocycles. The van der Waals surface area contributed by atoms with E-state index in [0.29, 0.717) is 6.54 Å². The van der Waals surface area contributed by atoms with Gasteiger partial charge in [0.25, 0.3) is 0 Å². The van der Waals surface area contributed by atoms with Crippen molar-refractivity contribution < 1.29 is 9.59 Å². The number of hydrogen-bond acceptors (Lipinski definition) is 5. The Kier molecular flexibility index (Phi) is 7.79. The van der Waals surface area contributed by atoms with Crippen molar-refractivity contribution in [2.24, 2.45) is 5.92 Å². The van der Waals surface area contributed by atoms with Gasteiger partial charge in [-0.1, -0.05) is 43.5 Å². The summed E-state index contributed by atoms with van der Waals surface area (Å²) in [7, 11) is 1.77. The van der Waals surface area contributed by atoms with Crippen LogP contribution in [-0.2, 0) is 9.59 Å². The molecule has 3 atom stereocenters. The second-order valence-corrected chi connectivity index (χ2v) is 10.5. The lowest BCUT2D eigenvalue weighted by molar-refractivity contribution is -0.139. The molecular weight excluding hydrogens is 462 g/mol. The van der Waals surface area contributed by atoms with Gasteiger partial charge in [-0.05, 0) is 68.7 Å². The standard InChI is InChI=1S/C30H37N5O2/c1-20(31-2)29(36)34-28(21-9-4-3-5-10-21)30(37)35-16-8-13-27(35)22-14-15-33-26(17-22)25-19-32-18-23-11-6-7-12-24(23)25/h6-7,11-12,14-15,17-21,27-28,31H,3-5,8-10,13,16H2,1-2H3,(H,34,36)/t20?,27-,28-/m0/s1.